The molecule has 0 aliphatic heterocycles. The molecular formula is C14H17N3OS. The molecule has 2 atom stereocenters. The summed E-state index contributed by atoms with van der Waals surface area (Å²) in [5.74, 6) is 0.619. The smallest absolute Gasteiger partial charge is 0.263 e. The van der Waals surface area contributed by atoms with Crippen LogP contribution in [0.15, 0.2) is 18.5 Å². The molecule has 1 fully saturated rings. The number of rotatable bonds is 4. The van der Waals surface area contributed by atoms with Crippen LogP contribution in [0, 0.1) is 5.92 Å². The van der Waals surface area contributed by atoms with Crippen molar-refractivity contribution in [2.24, 2.45) is 5.92 Å². The summed E-state index contributed by atoms with van der Waals surface area (Å²) < 4.78 is 0.964. The number of pyridine rings is 1. The molecule has 4 nitrogen and oxygen atoms in total. The van der Waals surface area contributed by atoms with Crippen LogP contribution < -0.4 is 11.1 Å². The molecule has 3 N–H and O–H groups in total. The zero-order valence-electron chi connectivity index (χ0n) is 10.8. The van der Waals surface area contributed by atoms with Crippen LogP contribution in [0.4, 0.5) is 5.69 Å². The number of aromatic nitrogens is 1. The molecule has 0 spiro atoms. The van der Waals surface area contributed by atoms with Gasteiger partial charge in [-0.15, -0.1) is 11.3 Å². The number of carbonyl (C=O) groups is 1. The van der Waals surface area contributed by atoms with E-state index in [4.69, 9.17) is 5.73 Å². The predicted molar refractivity (Wildman–Crippen MR) is 78.3 cm³/mol. The van der Waals surface area contributed by atoms with Crippen LogP contribution in [0.2, 0.25) is 0 Å². The van der Waals surface area contributed by atoms with Gasteiger partial charge in [0.1, 0.15) is 4.88 Å². The maximum Gasteiger partial charge on any atom is 0.263 e. The van der Waals surface area contributed by atoms with Crippen LogP contribution in [0.1, 0.15) is 35.9 Å². The lowest BCUT2D eigenvalue weighted by Crippen LogP contribution is -2.26. The van der Waals surface area contributed by atoms with E-state index in [1.165, 1.54) is 24.2 Å². The highest BCUT2D eigenvalue weighted by atomic mass is 32.1. The van der Waals surface area contributed by atoms with Crippen LogP contribution in [-0.2, 0) is 0 Å². The van der Waals surface area contributed by atoms with Gasteiger partial charge in [-0.05, 0) is 24.8 Å². The van der Waals surface area contributed by atoms with Crippen LogP contribution in [0.5, 0.6) is 0 Å². The van der Waals surface area contributed by atoms with E-state index in [2.05, 4.69) is 17.2 Å². The van der Waals surface area contributed by atoms with Gasteiger partial charge < -0.3 is 11.1 Å². The van der Waals surface area contributed by atoms with Gasteiger partial charge in [0.25, 0.3) is 5.91 Å². The van der Waals surface area contributed by atoms with E-state index in [-0.39, 0.29) is 5.91 Å². The van der Waals surface area contributed by atoms with Crippen molar-refractivity contribution < 1.29 is 4.79 Å². The molecular weight excluding hydrogens is 258 g/mol. The lowest BCUT2D eigenvalue weighted by atomic mass is 10.2. The Bertz CT molecular complexity index is 622. The first-order chi connectivity index (χ1) is 9.20. The number of nitrogens with one attached hydrogen (secondary N) is 1. The minimum absolute atomic E-state index is 0.0395. The monoisotopic (exact) mass is 275 g/mol. The number of anilines is 1. The molecule has 5 heteroatoms. The van der Waals surface area contributed by atoms with Gasteiger partial charge >= 0.3 is 0 Å². The Morgan fingerprint density at radius 1 is 1.63 bits per heavy atom. The highest BCUT2D eigenvalue weighted by molar-refractivity contribution is 7.21. The molecule has 1 aliphatic rings. The topological polar surface area (TPSA) is 68.0 Å². The zero-order valence-corrected chi connectivity index (χ0v) is 11.7. The second-order valence-corrected chi connectivity index (χ2v) is 6.13. The summed E-state index contributed by atoms with van der Waals surface area (Å²) in [6.45, 7) is 2.17. The van der Waals surface area contributed by atoms with E-state index in [1.807, 2.05) is 6.07 Å². The summed E-state index contributed by atoms with van der Waals surface area (Å²) in [5.41, 5.74) is 6.63. The predicted octanol–water partition coefficient (Wildman–Crippen LogP) is 2.80. The molecule has 0 bridgehead atoms. The summed E-state index contributed by atoms with van der Waals surface area (Å²) in [7, 11) is 0. The number of nitrogen functional groups attached to an aromatic ring is 1. The van der Waals surface area contributed by atoms with Crippen molar-refractivity contribution in [3.05, 3.63) is 23.3 Å². The van der Waals surface area contributed by atoms with E-state index < -0.39 is 0 Å². The number of hydrogen-bond donors (Lipinski definition) is 2. The largest absolute Gasteiger partial charge is 0.397 e. The fourth-order valence-electron chi connectivity index (χ4n) is 2.49. The Hall–Kier alpha value is -1.62. The van der Waals surface area contributed by atoms with Gasteiger partial charge in [-0.1, -0.05) is 13.3 Å². The van der Waals surface area contributed by atoms with Crippen LogP contribution in [0.25, 0.3) is 10.1 Å². The molecule has 0 saturated heterocycles. The van der Waals surface area contributed by atoms with Crippen LogP contribution in [-0.4, -0.2) is 16.9 Å². The molecule has 1 saturated carbocycles. The summed E-state index contributed by atoms with van der Waals surface area (Å²) in [6.07, 6.45) is 6.92. The maximum absolute atomic E-state index is 12.2. The maximum atomic E-state index is 12.2. The SMILES string of the molecule is CCCC1CC1NC(=O)c1sc2cnccc2c1N. The number of nitrogens with zero attached hydrogens (tertiary/aromatic N) is 1. The van der Waals surface area contributed by atoms with Crippen molar-refractivity contribution in [2.45, 2.75) is 32.2 Å². The van der Waals surface area contributed by atoms with E-state index in [0.29, 0.717) is 22.5 Å². The first kappa shape index (κ1) is 12.4. The zero-order chi connectivity index (χ0) is 13.4. The number of carbonyl (C=O) groups excluding carboxylic acids is 1. The van der Waals surface area contributed by atoms with Crippen LogP contribution >= 0.6 is 11.3 Å². The van der Waals surface area contributed by atoms with Crippen molar-refractivity contribution in [1.82, 2.24) is 10.3 Å². The molecule has 19 heavy (non-hydrogen) atoms. The Morgan fingerprint density at radius 2 is 2.47 bits per heavy atom. The third-order valence-electron chi connectivity index (χ3n) is 3.64. The number of thiophene rings is 1. The lowest BCUT2D eigenvalue weighted by Gasteiger charge is -2.03. The third kappa shape index (κ3) is 2.30. The van der Waals surface area contributed by atoms with Gasteiger partial charge in [-0.25, -0.2) is 0 Å². The van der Waals surface area contributed by atoms with Gasteiger partial charge in [0, 0.05) is 23.8 Å². The molecule has 1 amide bonds. The van der Waals surface area contributed by atoms with E-state index in [0.717, 1.165) is 16.5 Å². The minimum Gasteiger partial charge on any atom is -0.397 e. The van der Waals surface area contributed by atoms with Crippen molar-refractivity contribution in [3.8, 4) is 0 Å². The molecule has 100 valence electrons. The van der Waals surface area contributed by atoms with Crippen molar-refractivity contribution >= 4 is 33.0 Å². The fraction of sp³-hybridized carbons (Fsp3) is 0.429. The quantitative estimate of drug-likeness (QED) is 0.901. The average molecular weight is 275 g/mol. The minimum atomic E-state index is -0.0395. The Kier molecular flexibility index (Phi) is 3.14. The summed E-state index contributed by atoms with van der Waals surface area (Å²) in [6, 6.07) is 2.20. The summed E-state index contributed by atoms with van der Waals surface area (Å²) in [4.78, 5) is 16.9. The van der Waals surface area contributed by atoms with Gasteiger partial charge in [0.2, 0.25) is 0 Å². The molecule has 2 heterocycles. The van der Waals surface area contributed by atoms with E-state index in [1.54, 1.807) is 12.4 Å². The van der Waals surface area contributed by atoms with E-state index in [9.17, 15) is 4.79 Å². The van der Waals surface area contributed by atoms with Gasteiger partial charge in [0.15, 0.2) is 0 Å². The van der Waals surface area contributed by atoms with Crippen molar-refractivity contribution in [1.29, 1.82) is 0 Å². The van der Waals surface area contributed by atoms with Gasteiger partial charge in [-0.3, -0.25) is 9.78 Å². The highest BCUT2D eigenvalue weighted by Gasteiger charge is 2.37. The van der Waals surface area contributed by atoms with Crippen molar-refractivity contribution in [2.75, 3.05) is 5.73 Å². The van der Waals surface area contributed by atoms with E-state index >= 15 is 0 Å². The third-order valence-corrected chi connectivity index (χ3v) is 4.79. The van der Waals surface area contributed by atoms with Gasteiger partial charge in [0.05, 0.1) is 10.4 Å². The second kappa shape index (κ2) is 4.81. The number of hydrogen-bond acceptors (Lipinski definition) is 4. The molecule has 0 radical (unpaired) electrons. The molecule has 0 aromatic carbocycles. The fourth-order valence-corrected chi connectivity index (χ4v) is 3.48. The standard InChI is InChI=1S/C14H17N3OS/c1-2-3-8-6-10(8)17-14(18)13-12(15)9-4-5-16-7-11(9)19-13/h4-5,7-8,10H,2-3,6,15H2,1H3,(H,17,18). The Balaban J connectivity index is 1.77. The average Bonchev–Trinajstić information content (AvgIpc) is 3.04. The lowest BCUT2D eigenvalue weighted by molar-refractivity contribution is 0.0954. The molecule has 2 unspecified atom stereocenters. The first-order valence-electron chi connectivity index (χ1n) is 6.63. The molecule has 3 rings (SSSR count). The second-order valence-electron chi connectivity index (χ2n) is 5.08. The first-order valence-corrected chi connectivity index (χ1v) is 7.45. The molecule has 2 aromatic heterocycles. The Labute approximate surface area is 116 Å². The number of nitrogens with two attached hydrogens (primary N) is 1. The summed E-state index contributed by atoms with van der Waals surface area (Å²) in [5, 5.41) is 4.00. The Morgan fingerprint density at radius 3 is 3.21 bits per heavy atom. The molecule has 2 aromatic rings. The normalized spacial score (nSPS) is 21.5. The summed E-state index contributed by atoms with van der Waals surface area (Å²) >= 11 is 1.42. The number of amides is 1. The highest BCUT2D eigenvalue weighted by Crippen LogP contribution is 2.37. The number of fused-ring (bicyclic) bond motifs is 1. The molecule has 1 aliphatic carbocycles. The van der Waals surface area contributed by atoms with Crippen molar-refractivity contribution in [3.63, 3.8) is 0 Å². The van der Waals surface area contributed by atoms with Gasteiger partial charge in [-0.2, -0.15) is 0 Å². The van der Waals surface area contributed by atoms with Crippen LogP contribution in [0.3, 0.4) is 0 Å².